The van der Waals surface area contributed by atoms with E-state index >= 15 is 0 Å². The summed E-state index contributed by atoms with van der Waals surface area (Å²) in [7, 11) is 0. The molecule has 0 bridgehead atoms. The Morgan fingerprint density at radius 2 is 2.00 bits per heavy atom. The van der Waals surface area contributed by atoms with Crippen LogP contribution in [0.3, 0.4) is 0 Å². The monoisotopic (exact) mass is 424 g/mol. The van der Waals surface area contributed by atoms with E-state index in [4.69, 9.17) is 14.2 Å². The van der Waals surface area contributed by atoms with Crippen LogP contribution in [0.25, 0.3) is 6.08 Å². The molecule has 31 heavy (non-hydrogen) atoms. The standard InChI is InChI=1S/C22H20N2O7/c1-4-20(25)30-18-10-9-14(12-19(18)29-5-2)11-16-22(26)31-21(23-16)15-7-6-8-17(13(15)3)24(27)28/h6-12H,4-5H2,1-3H3/b16-11-. The van der Waals surface area contributed by atoms with Gasteiger partial charge in [0.05, 0.1) is 11.5 Å². The third-order valence-corrected chi connectivity index (χ3v) is 4.44. The van der Waals surface area contributed by atoms with Crippen molar-refractivity contribution in [2.75, 3.05) is 6.61 Å². The van der Waals surface area contributed by atoms with Crippen molar-refractivity contribution in [3.8, 4) is 11.5 Å². The second-order valence-electron chi connectivity index (χ2n) is 6.51. The Labute approximate surface area is 178 Å². The van der Waals surface area contributed by atoms with E-state index in [2.05, 4.69) is 4.99 Å². The summed E-state index contributed by atoms with van der Waals surface area (Å²) in [6.07, 6.45) is 1.72. The zero-order valence-corrected chi connectivity index (χ0v) is 17.2. The van der Waals surface area contributed by atoms with Crippen molar-refractivity contribution < 1.29 is 28.7 Å². The first-order valence-electron chi connectivity index (χ1n) is 9.58. The molecule has 9 heteroatoms. The van der Waals surface area contributed by atoms with Gasteiger partial charge in [-0.25, -0.2) is 9.79 Å². The molecule has 9 nitrogen and oxygen atoms in total. The van der Waals surface area contributed by atoms with E-state index in [1.54, 1.807) is 45.0 Å². The van der Waals surface area contributed by atoms with Gasteiger partial charge in [-0.05, 0) is 43.7 Å². The first-order chi connectivity index (χ1) is 14.8. The molecule has 0 saturated carbocycles. The molecule has 0 saturated heterocycles. The molecular formula is C22H20N2O7. The molecule has 0 spiro atoms. The van der Waals surface area contributed by atoms with E-state index in [1.165, 1.54) is 18.2 Å². The van der Waals surface area contributed by atoms with Crippen LogP contribution in [0.4, 0.5) is 5.69 Å². The molecule has 0 N–H and O–H groups in total. The predicted molar refractivity (Wildman–Crippen MR) is 112 cm³/mol. The van der Waals surface area contributed by atoms with Crippen LogP contribution >= 0.6 is 0 Å². The number of ether oxygens (including phenoxy) is 3. The summed E-state index contributed by atoms with van der Waals surface area (Å²) in [5.74, 6) is -0.450. The fraction of sp³-hybridized carbons (Fsp3) is 0.227. The van der Waals surface area contributed by atoms with Gasteiger partial charge in [-0.3, -0.25) is 14.9 Å². The predicted octanol–water partition coefficient (Wildman–Crippen LogP) is 3.96. The van der Waals surface area contributed by atoms with Crippen molar-refractivity contribution in [1.82, 2.24) is 0 Å². The summed E-state index contributed by atoms with van der Waals surface area (Å²) in [6, 6.07) is 9.31. The summed E-state index contributed by atoms with van der Waals surface area (Å²) in [5, 5.41) is 11.2. The van der Waals surface area contributed by atoms with Crippen LogP contribution in [0.1, 0.15) is 37.0 Å². The highest BCUT2D eigenvalue weighted by Crippen LogP contribution is 2.31. The average molecular weight is 424 g/mol. The minimum Gasteiger partial charge on any atom is -0.490 e. The molecule has 0 atom stereocenters. The minimum absolute atomic E-state index is 0.00372. The number of benzene rings is 2. The number of esters is 2. The molecule has 2 aromatic carbocycles. The van der Waals surface area contributed by atoms with Gasteiger partial charge in [-0.2, -0.15) is 0 Å². The number of hydrogen-bond donors (Lipinski definition) is 0. The maximum absolute atomic E-state index is 12.3. The van der Waals surface area contributed by atoms with E-state index in [0.717, 1.165) is 0 Å². The molecule has 0 unspecified atom stereocenters. The third kappa shape index (κ3) is 4.77. The van der Waals surface area contributed by atoms with Crippen molar-refractivity contribution in [2.45, 2.75) is 27.2 Å². The Morgan fingerprint density at radius 3 is 2.68 bits per heavy atom. The van der Waals surface area contributed by atoms with Crippen LogP contribution in [-0.2, 0) is 14.3 Å². The number of carbonyl (C=O) groups is 2. The number of aliphatic imine (C=N–C) groups is 1. The smallest absolute Gasteiger partial charge is 0.363 e. The lowest BCUT2D eigenvalue weighted by Gasteiger charge is -2.10. The van der Waals surface area contributed by atoms with Crippen molar-refractivity contribution in [1.29, 1.82) is 0 Å². The Hall–Kier alpha value is -4.01. The van der Waals surface area contributed by atoms with Crippen molar-refractivity contribution >= 4 is 29.6 Å². The van der Waals surface area contributed by atoms with E-state index in [1.807, 2.05) is 0 Å². The highest BCUT2D eigenvalue weighted by molar-refractivity contribution is 6.13. The van der Waals surface area contributed by atoms with Crippen molar-refractivity contribution in [2.24, 2.45) is 4.99 Å². The third-order valence-electron chi connectivity index (χ3n) is 4.44. The van der Waals surface area contributed by atoms with Crippen LogP contribution < -0.4 is 9.47 Å². The normalized spacial score (nSPS) is 14.2. The van der Waals surface area contributed by atoms with E-state index < -0.39 is 16.9 Å². The fourth-order valence-corrected chi connectivity index (χ4v) is 2.90. The summed E-state index contributed by atoms with van der Waals surface area (Å²) in [5.41, 5.74) is 1.23. The van der Waals surface area contributed by atoms with E-state index in [-0.39, 0.29) is 29.5 Å². The number of hydrogen-bond acceptors (Lipinski definition) is 8. The molecule has 1 heterocycles. The molecular weight excluding hydrogens is 404 g/mol. The van der Waals surface area contributed by atoms with Crippen LogP contribution in [0.2, 0.25) is 0 Å². The molecule has 1 aliphatic rings. The summed E-state index contributed by atoms with van der Waals surface area (Å²) in [6.45, 7) is 5.40. The quantitative estimate of drug-likeness (QED) is 0.217. The van der Waals surface area contributed by atoms with Gasteiger partial charge in [-0.15, -0.1) is 0 Å². The van der Waals surface area contributed by atoms with Crippen LogP contribution in [0, 0.1) is 17.0 Å². The molecule has 2 aromatic rings. The summed E-state index contributed by atoms with van der Waals surface area (Å²) < 4.78 is 16.0. The second kappa shape index (κ2) is 9.21. The highest BCUT2D eigenvalue weighted by Gasteiger charge is 2.27. The van der Waals surface area contributed by atoms with Crippen LogP contribution in [-0.4, -0.2) is 29.4 Å². The Balaban J connectivity index is 1.95. The zero-order chi connectivity index (χ0) is 22.5. The lowest BCUT2D eigenvalue weighted by atomic mass is 10.1. The van der Waals surface area contributed by atoms with Crippen molar-refractivity contribution in [3.63, 3.8) is 0 Å². The minimum atomic E-state index is -0.680. The zero-order valence-electron chi connectivity index (χ0n) is 17.2. The molecule has 0 amide bonds. The Bertz CT molecular complexity index is 1120. The number of nitro benzene ring substituents is 1. The SMILES string of the molecule is CCOc1cc(/C=C2\N=C(c3cccc([N+](=O)[O-])c3C)OC2=O)ccc1OC(=O)CC. The number of nitro groups is 1. The van der Waals surface area contributed by atoms with Crippen LogP contribution in [0.15, 0.2) is 47.1 Å². The number of carbonyl (C=O) groups excluding carboxylic acids is 2. The molecule has 0 radical (unpaired) electrons. The number of cyclic esters (lactones) is 1. The molecule has 0 aromatic heterocycles. The Kier molecular flexibility index (Phi) is 6.44. The molecule has 0 fully saturated rings. The van der Waals surface area contributed by atoms with Gasteiger partial charge in [0.2, 0.25) is 5.90 Å². The molecule has 1 aliphatic heterocycles. The van der Waals surface area contributed by atoms with Gasteiger partial charge < -0.3 is 14.2 Å². The summed E-state index contributed by atoms with van der Waals surface area (Å²) in [4.78, 5) is 38.8. The Morgan fingerprint density at radius 1 is 1.23 bits per heavy atom. The maximum atomic E-state index is 12.3. The second-order valence-corrected chi connectivity index (χ2v) is 6.51. The fourth-order valence-electron chi connectivity index (χ4n) is 2.90. The maximum Gasteiger partial charge on any atom is 0.363 e. The van der Waals surface area contributed by atoms with Gasteiger partial charge in [-0.1, -0.05) is 19.1 Å². The van der Waals surface area contributed by atoms with Crippen LogP contribution in [0.5, 0.6) is 11.5 Å². The molecule has 3 rings (SSSR count). The lowest BCUT2D eigenvalue weighted by Crippen LogP contribution is -2.08. The first-order valence-corrected chi connectivity index (χ1v) is 9.58. The van der Waals surface area contributed by atoms with Gasteiger partial charge in [0.1, 0.15) is 0 Å². The average Bonchev–Trinajstić information content (AvgIpc) is 3.09. The summed E-state index contributed by atoms with van der Waals surface area (Å²) >= 11 is 0. The van der Waals surface area contributed by atoms with E-state index in [9.17, 15) is 19.7 Å². The number of rotatable bonds is 7. The molecule has 160 valence electrons. The van der Waals surface area contributed by atoms with Gasteiger partial charge in [0.15, 0.2) is 17.2 Å². The number of nitrogens with zero attached hydrogens (tertiary/aromatic N) is 2. The highest BCUT2D eigenvalue weighted by atomic mass is 16.6. The van der Waals surface area contributed by atoms with Gasteiger partial charge in [0.25, 0.3) is 5.69 Å². The lowest BCUT2D eigenvalue weighted by molar-refractivity contribution is -0.385. The van der Waals surface area contributed by atoms with Gasteiger partial charge >= 0.3 is 11.9 Å². The van der Waals surface area contributed by atoms with Gasteiger partial charge in [0, 0.05) is 23.6 Å². The topological polar surface area (TPSA) is 117 Å². The van der Waals surface area contributed by atoms with E-state index in [0.29, 0.717) is 29.0 Å². The first kappa shape index (κ1) is 21.7. The molecule has 0 aliphatic carbocycles. The largest absolute Gasteiger partial charge is 0.490 e. The van der Waals surface area contributed by atoms with Crippen molar-refractivity contribution in [3.05, 3.63) is 68.9 Å².